The number of rotatable bonds is 3. The van der Waals surface area contributed by atoms with Gasteiger partial charge < -0.3 is 19.6 Å². The van der Waals surface area contributed by atoms with Crippen LogP contribution in [0.3, 0.4) is 0 Å². The summed E-state index contributed by atoms with van der Waals surface area (Å²) >= 11 is 0. The molecule has 2 aromatic rings. The predicted molar refractivity (Wildman–Crippen MR) is 101 cm³/mol. The lowest BCUT2D eigenvalue weighted by atomic mass is 10.1. The molecule has 1 aromatic heterocycles. The fourth-order valence-corrected chi connectivity index (χ4v) is 3.44. The van der Waals surface area contributed by atoms with Gasteiger partial charge >= 0.3 is 6.09 Å². The highest BCUT2D eigenvalue weighted by molar-refractivity contribution is 5.92. The molecule has 3 heterocycles. The average Bonchev–Trinajstić information content (AvgIpc) is 3.12. The predicted octanol–water partition coefficient (Wildman–Crippen LogP) is 1.70. The summed E-state index contributed by atoms with van der Waals surface area (Å²) in [5.74, 6) is 0.689. The molecule has 146 valence electrons. The Morgan fingerprint density at radius 1 is 1.07 bits per heavy atom. The second-order valence-corrected chi connectivity index (χ2v) is 6.91. The Bertz CT molecular complexity index is 911. The van der Waals surface area contributed by atoms with Crippen LogP contribution < -0.4 is 9.64 Å². The third-order valence-electron chi connectivity index (χ3n) is 5.05. The molecule has 0 atom stereocenters. The van der Waals surface area contributed by atoms with Gasteiger partial charge in [-0.3, -0.25) is 9.69 Å². The molecule has 1 fully saturated rings. The lowest BCUT2D eigenvalue weighted by molar-refractivity contribution is 0.0657. The third-order valence-corrected chi connectivity index (χ3v) is 5.05. The number of hydrogen-bond acceptors (Lipinski definition) is 6. The first-order chi connectivity index (χ1) is 13.5. The van der Waals surface area contributed by atoms with Gasteiger partial charge in [-0.2, -0.15) is 0 Å². The minimum atomic E-state index is -0.963. The van der Waals surface area contributed by atoms with Gasteiger partial charge in [-0.05, 0) is 37.2 Å². The molecule has 0 unspecified atom stereocenters. The fraction of sp³-hybridized carbons (Fsp3) is 0.368. The number of nitrogens with zero attached hydrogens (tertiary/aromatic N) is 5. The molecule has 0 spiro atoms. The van der Waals surface area contributed by atoms with E-state index in [1.807, 2.05) is 13.1 Å². The third kappa shape index (κ3) is 3.61. The van der Waals surface area contributed by atoms with E-state index in [-0.39, 0.29) is 11.8 Å². The van der Waals surface area contributed by atoms with Gasteiger partial charge in [-0.1, -0.05) is 0 Å². The summed E-state index contributed by atoms with van der Waals surface area (Å²) in [4.78, 5) is 37.4. The van der Waals surface area contributed by atoms with Gasteiger partial charge in [0, 0.05) is 38.8 Å². The smallest absolute Gasteiger partial charge is 0.411 e. The molecule has 0 bridgehead atoms. The van der Waals surface area contributed by atoms with Crippen LogP contribution in [-0.2, 0) is 6.42 Å². The highest BCUT2D eigenvalue weighted by Crippen LogP contribution is 2.32. The van der Waals surface area contributed by atoms with E-state index < -0.39 is 6.09 Å². The summed E-state index contributed by atoms with van der Waals surface area (Å²) < 4.78 is 5.80. The molecular formula is C19H21N5O4. The molecule has 2 aliphatic heterocycles. The van der Waals surface area contributed by atoms with E-state index in [9.17, 15) is 14.7 Å². The highest BCUT2D eigenvalue weighted by atomic mass is 16.5. The van der Waals surface area contributed by atoms with Gasteiger partial charge in [0.15, 0.2) is 0 Å². The normalized spacial score (nSPS) is 16.8. The van der Waals surface area contributed by atoms with Gasteiger partial charge in [0.25, 0.3) is 5.91 Å². The maximum Gasteiger partial charge on any atom is 0.411 e. The van der Waals surface area contributed by atoms with Crippen LogP contribution in [0.2, 0.25) is 0 Å². The van der Waals surface area contributed by atoms with Crippen LogP contribution in [-0.4, -0.2) is 76.6 Å². The standard InChI is InChI=1S/C19H21N5O4/c1-22-6-8-23(9-7-22)18(25)15-11-17(21-12-20-15)28-14-2-3-16-13(10-14)4-5-24(16)19(26)27/h2-3,10-12H,4-9H2,1H3,(H,26,27). The fourth-order valence-electron chi connectivity index (χ4n) is 3.44. The molecule has 1 saturated heterocycles. The zero-order valence-corrected chi connectivity index (χ0v) is 15.5. The van der Waals surface area contributed by atoms with E-state index in [0.29, 0.717) is 43.2 Å². The van der Waals surface area contributed by atoms with Crippen LogP contribution in [0.15, 0.2) is 30.6 Å². The zero-order valence-electron chi connectivity index (χ0n) is 15.5. The van der Waals surface area contributed by atoms with Gasteiger partial charge in [-0.25, -0.2) is 14.8 Å². The number of hydrogen-bond donors (Lipinski definition) is 1. The van der Waals surface area contributed by atoms with Gasteiger partial charge in [0.05, 0.1) is 5.69 Å². The van der Waals surface area contributed by atoms with Crippen molar-refractivity contribution >= 4 is 17.7 Å². The van der Waals surface area contributed by atoms with Crippen molar-refractivity contribution in [1.29, 1.82) is 0 Å². The van der Waals surface area contributed by atoms with E-state index in [1.54, 1.807) is 17.0 Å². The van der Waals surface area contributed by atoms with Crippen molar-refractivity contribution in [3.63, 3.8) is 0 Å². The molecule has 1 N–H and O–H groups in total. The number of fused-ring (bicyclic) bond motifs is 1. The number of carboxylic acid groups (broad SMARTS) is 1. The molecule has 2 amide bonds. The molecular weight excluding hydrogens is 362 g/mol. The molecule has 9 nitrogen and oxygen atoms in total. The molecule has 1 aromatic carbocycles. The van der Waals surface area contributed by atoms with E-state index in [2.05, 4.69) is 14.9 Å². The SMILES string of the molecule is CN1CCN(C(=O)c2cc(Oc3ccc4c(c3)CCN4C(=O)O)ncn2)CC1. The van der Waals surface area contributed by atoms with Crippen molar-refractivity contribution in [3.05, 3.63) is 41.9 Å². The number of benzene rings is 1. The molecule has 4 rings (SSSR count). The number of aromatic nitrogens is 2. The van der Waals surface area contributed by atoms with E-state index in [4.69, 9.17) is 4.74 Å². The first-order valence-corrected chi connectivity index (χ1v) is 9.12. The van der Waals surface area contributed by atoms with Crippen molar-refractivity contribution in [2.75, 3.05) is 44.7 Å². The summed E-state index contributed by atoms with van der Waals surface area (Å²) in [6.45, 7) is 3.44. The Hall–Kier alpha value is -3.20. The number of anilines is 1. The first-order valence-electron chi connectivity index (χ1n) is 9.12. The zero-order chi connectivity index (χ0) is 19.7. The average molecular weight is 383 g/mol. The molecule has 0 saturated carbocycles. The van der Waals surface area contributed by atoms with E-state index in [1.165, 1.54) is 17.3 Å². The Morgan fingerprint density at radius 2 is 1.86 bits per heavy atom. The summed E-state index contributed by atoms with van der Waals surface area (Å²) in [6.07, 6.45) is 0.990. The Balaban J connectivity index is 1.48. The van der Waals surface area contributed by atoms with Crippen molar-refractivity contribution in [2.45, 2.75) is 6.42 Å². The molecule has 0 aliphatic carbocycles. The van der Waals surface area contributed by atoms with E-state index in [0.717, 1.165) is 18.7 Å². The summed E-state index contributed by atoms with van der Waals surface area (Å²) in [5, 5.41) is 9.21. The number of carbonyl (C=O) groups is 2. The number of piperazine rings is 1. The number of carbonyl (C=O) groups excluding carboxylic acids is 1. The van der Waals surface area contributed by atoms with Crippen LogP contribution in [0, 0.1) is 0 Å². The maximum absolute atomic E-state index is 12.7. The molecule has 28 heavy (non-hydrogen) atoms. The van der Waals surface area contributed by atoms with Crippen molar-refractivity contribution < 1.29 is 19.4 Å². The van der Waals surface area contributed by atoms with Crippen molar-refractivity contribution in [3.8, 4) is 11.6 Å². The van der Waals surface area contributed by atoms with Crippen LogP contribution in [0.4, 0.5) is 10.5 Å². The Kier molecular flexibility index (Phi) is 4.82. The van der Waals surface area contributed by atoms with Crippen LogP contribution in [0.25, 0.3) is 0 Å². The van der Waals surface area contributed by atoms with Crippen molar-refractivity contribution in [2.24, 2.45) is 0 Å². The Morgan fingerprint density at radius 3 is 2.61 bits per heavy atom. The number of likely N-dealkylation sites (N-methyl/N-ethyl adjacent to an activating group) is 1. The lowest BCUT2D eigenvalue weighted by Gasteiger charge is -2.32. The monoisotopic (exact) mass is 383 g/mol. The summed E-state index contributed by atoms with van der Waals surface area (Å²) in [7, 11) is 2.03. The summed E-state index contributed by atoms with van der Waals surface area (Å²) in [6, 6.07) is 6.77. The second-order valence-electron chi connectivity index (χ2n) is 6.91. The number of amides is 2. The van der Waals surface area contributed by atoms with Crippen LogP contribution in [0.5, 0.6) is 11.6 Å². The largest absolute Gasteiger partial charge is 0.465 e. The quantitative estimate of drug-likeness (QED) is 0.861. The van der Waals surface area contributed by atoms with Gasteiger partial charge in [0.2, 0.25) is 5.88 Å². The lowest BCUT2D eigenvalue weighted by Crippen LogP contribution is -2.47. The molecule has 9 heteroatoms. The topological polar surface area (TPSA) is 99.1 Å². The van der Waals surface area contributed by atoms with E-state index >= 15 is 0 Å². The Labute approximate surface area is 162 Å². The van der Waals surface area contributed by atoms with Crippen molar-refractivity contribution in [1.82, 2.24) is 19.8 Å². The first kappa shape index (κ1) is 18.2. The van der Waals surface area contributed by atoms with Crippen LogP contribution in [0.1, 0.15) is 16.1 Å². The van der Waals surface area contributed by atoms with Gasteiger partial charge in [0.1, 0.15) is 17.8 Å². The minimum absolute atomic E-state index is 0.133. The van der Waals surface area contributed by atoms with Crippen LogP contribution >= 0.6 is 0 Å². The minimum Gasteiger partial charge on any atom is -0.465 e. The molecule has 0 radical (unpaired) electrons. The number of ether oxygens (including phenoxy) is 1. The summed E-state index contributed by atoms with van der Waals surface area (Å²) in [5.41, 5.74) is 1.88. The highest BCUT2D eigenvalue weighted by Gasteiger charge is 2.25. The maximum atomic E-state index is 12.7. The van der Waals surface area contributed by atoms with Gasteiger partial charge in [-0.15, -0.1) is 0 Å². The second kappa shape index (κ2) is 7.43. The molecule has 2 aliphatic rings.